The van der Waals surface area contributed by atoms with Crippen LogP contribution in [-0.2, 0) is 19.1 Å². The van der Waals surface area contributed by atoms with Gasteiger partial charge in [-0.2, -0.15) is 0 Å². The van der Waals surface area contributed by atoms with E-state index in [1.807, 2.05) is 54.8 Å². The predicted octanol–water partition coefficient (Wildman–Crippen LogP) is 3.44. The minimum absolute atomic E-state index is 0.334. The van der Waals surface area contributed by atoms with Gasteiger partial charge in [-0.1, -0.05) is 12.1 Å². The van der Waals surface area contributed by atoms with E-state index in [-0.39, 0.29) is 12.5 Å². The first-order valence-corrected chi connectivity index (χ1v) is 10.6. The summed E-state index contributed by atoms with van der Waals surface area (Å²) in [5, 5.41) is 2.73. The van der Waals surface area contributed by atoms with Crippen molar-refractivity contribution in [3.63, 3.8) is 0 Å². The number of thioether (sulfide) groups is 1. The van der Waals surface area contributed by atoms with Gasteiger partial charge in [-0.3, -0.25) is 4.79 Å². The van der Waals surface area contributed by atoms with Gasteiger partial charge in [-0.05, 0) is 54.3 Å². The Morgan fingerprint density at radius 3 is 2.45 bits per heavy atom. The van der Waals surface area contributed by atoms with Gasteiger partial charge in [0.1, 0.15) is 0 Å². The molecule has 1 aliphatic rings. The Hall–Kier alpha value is -2.77. The number of benzene rings is 2. The fourth-order valence-corrected chi connectivity index (χ4v) is 3.25. The van der Waals surface area contributed by atoms with E-state index in [2.05, 4.69) is 10.2 Å². The highest BCUT2D eigenvalue weighted by atomic mass is 32.2. The van der Waals surface area contributed by atoms with Crippen molar-refractivity contribution >= 4 is 41.1 Å². The standard InChI is InChI=1S/C22H24N2O4S/c1-29-20-9-2-17(3-10-20)4-11-22(26)28-16-21(25)23-18-5-7-19(8-6-18)24-12-14-27-15-13-24/h2-11H,12-16H2,1H3,(H,23,25)/b11-4+. The lowest BCUT2D eigenvalue weighted by molar-refractivity contribution is -0.142. The van der Waals surface area contributed by atoms with Crippen molar-refractivity contribution in [3.8, 4) is 0 Å². The van der Waals surface area contributed by atoms with Crippen molar-refractivity contribution in [1.82, 2.24) is 0 Å². The van der Waals surface area contributed by atoms with Crippen LogP contribution in [0, 0.1) is 0 Å². The average molecular weight is 413 g/mol. The molecular weight excluding hydrogens is 388 g/mol. The third kappa shape index (κ3) is 6.66. The van der Waals surface area contributed by atoms with Gasteiger partial charge in [-0.25, -0.2) is 4.79 Å². The molecule has 152 valence electrons. The van der Waals surface area contributed by atoms with Gasteiger partial charge in [0, 0.05) is 35.4 Å². The molecule has 6 nitrogen and oxygen atoms in total. The monoisotopic (exact) mass is 412 g/mol. The number of hydrogen-bond acceptors (Lipinski definition) is 6. The van der Waals surface area contributed by atoms with Crippen LogP contribution < -0.4 is 10.2 Å². The van der Waals surface area contributed by atoms with Crippen molar-refractivity contribution in [2.75, 3.05) is 49.4 Å². The Kier molecular flexibility index (Phi) is 7.72. The number of rotatable bonds is 7. The average Bonchev–Trinajstić information content (AvgIpc) is 2.78. The second-order valence-corrected chi connectivity index (χ2v) is 7.29. The van der Waals surface area contributed by atoms with Gasteiger partial charge < -0.3 is 19.7 Å². The Labute approximate surface area is 174 Å². The zero-order chi connectivity index (χ0) is 20.5. The number of nitrogens with one attached hydrogen (secondary N) is 1. The van der Waals surface area contributed by atoms with E-state index in [9.17, 15) is 9.59 Å². The molecule has 1 amide bonds. The molecule has 1 fully saturated rings. The summed E-state index contributed by atoms with van der Waals surface area (Å²) in [5.74, 6) is -0.938. The second kappa shape index (κ2) is 10.7. The first kappa shape index (κ1) is 21.0. The molecular formula is C22H24N2O4S. The number of ether oxygens (including phenoxy) is 2. The fourth-order valence-electron chi connectivity index (χ4n) is 2.84. The first-order valence-electron chi connectivity index (χ1n) is 9.35. The van der Waals surface area contributed by atoms with Crippen molar-refractivity contribution in [2.45, 2.75) is 4.90 Å². The second-order valence-electron chi connectivity index (χ2n) is 6.41. The zero-order valence-electron chi connectivity index (χ0n) is 16.3. The molecule has 2 aromatic rings. The third-order valence-corrected chi connectivity index (χ3v) is 5.14. The fraction of sp³-hybridized carbons (Fsp3) is 0.273. The maximum Gasteiger partial charge on any atom is 0.331 e. The van der Waals surface area contributed by atoms with Crippen molar-refractivity contribution < 1.29 is 19.1 Å². The largest absolute Gasteiger partial charge is 0.452 e. The minimum Gasteiger partial charge on any atom is -0.452 e. The summed E-state index contributed by atoms with van der Waals surface area (Å²) in [6, 6.07) is 15.4. The normalized spacial score (nSPS) is 14.0. The highest BCUT2D eigenvalue weighted by Gasteiger charge is 2.11. The third-order valence-electron chi connectivity index (χ3n) is 4.40. The van der Waals surface area contributed by atoms with E-state index in [4.69, 9.17) is 9.47 Å². The molecule has 0 saturated carbocycles. The Morgan fingerprint density at radius 1 is 1.10 bits per heavy atom. The van der Waals surface area contributed by atoms with Crippen LogP contribution in [0.4, 0.5) is 11.4 Å². The molecule has 3 rings (SSSR count). The van der Waals surface area contributed by atoms with Crippen LogP contribution >= 0.6 is 11.8 Å². The molecule has 1 aliphatic heterocycles. The molecule has 0 aliphatic carbocycles. The number of carbonyl (C=O) groups excluding carboxylic acids is 2. The summed E-state index contributed by atoms with van der Waals surface area (Å²) < 4.78 is 10.3. The number of nitrogens with zero attached hydrogens (tertiary/aromatic N) is 1. The number of hydrogen-bond donors (Lipinski definition) is 1. The molecule has 1 N–H and O–H groups in total. The number of carbonyl (C=O) groups is 2. The molecule has 7 heteroatoms. The molecule has 0 bridgehead atoms. The molecule has 2 aromatic carbocycles. The topological polar surface area (TPSA) is 67.9 Å². The smallest absolute Gasteiger partial charge is 0.331 e. The summed E-state index contributed by atoms with van der Waals surface area (Å²) in [6.07, 6.45) is 4.99. The maximum absolute atomic E-state index is 12.0. The number of esters is 1. The van der Waals surface area contributed by atoms with Gasteiger partial charge in [0.2, 0.25) is 0 Å². The van der Waals surface area contributed by atoms with Crippen LogP contribution in [0.1, 0.15) is 5.56 Å². The van der Waals surface area contributed by atoms with E-state index in [1.54, 1.807) is 17.8 Å². The lowest BCUT2D eigenvalue weighted by atomic mass is 10.2. The minimum atomic E-state index is -0.559. The van der Waals surface area contributed by atoms with Gasteiger partial charge in [0.15, 0.2) is 6.61 Å². The van der Waals surface area contributed by atoms with E-state index < -0.39 is 5.97 Å². The highest BCUT2D eigenvalue weighted by molar-refractivity contribution is 7.98. The number of anilines is 2. The van der Waals surface area contributed by atoms with Crippen molar-refractivity contribution in [2.24, 2.45) is 0 Å². The number of amides is 1. The lowest BCUT2D eigenvalue weighted by Gasteiger charge is -2.28. The summed E-state index contributed by atoms with van der Waals surface area (Å²) in [7, 11) is 0. The molecule has 1 heterocycles. The van der Waals surface area contributed by atoms with Crippen molar-refractivity contribution in [3.05, 3.63) is 60.2 Å². The van der Waals surface area contributed by atoms with E-state index in [0.29, 0.717) is 5.69 Å². The van der Waals surface area contributed by atoms with Gasteiger partial charge in [-0.15, -0.1) is 11.8 Å². The van der Waals surface area contributed by atoms with Crippen LogP contribution in [0.5, 0.6) is 0 Å². The Balaban J connectivity index is 1.42. The van der Waals surface area contributed by atoms with Crippen molar-refractivity contribution in [1.29, 1.82) is 0 Å². The van der Waals surface area contributed by atoms with Crippen LogP contribution in [0.15, 0.2) is 59.5 Å². The Morgan fingerprint density at radius 2 is 1.79 bits per heavy atom. The highest BCUT2D eigenvalue weighted by Crippen LogP contribution is 2.19. The summed E-state index contributed by atoms with van der Waals surface area (Å²) in [5.41, 5.74) is 2.64. The predicted molar refractivity (Wildman–Crippen MR) is 116 cm³/mol. The maximum atomic E-state index is 12.0. The molecule has 1 saturated heterocycles. The summed E-state index contributed by atoms with van der Waals surface area (Å²) in [6.45, 7) is 2.83. The van der Waals surface area contributed by atoms with Crippen LogP contribution in [0.25, 0.3) is 6.08 Å². The summed E-state index contributed by atoms with van der Waals surface area (Å²) >= 11 is 1.65. The molecule has 0 spiro atoms. The van der Waals surface area contributed by atoms with Gasteiger partial charge >= 0.3 is 5.97 Å². The molecule has 0 aromatic heterocycles. The quantitative estimate of drug-likeness (QED) is 0.427. The molecule has 0 radical (unpaired) electrons. The summed E-state index contributed by atoms with van der Waals surface area (Å²) in [4.78, 5) is 27.2. The van der Waals surface area contributed by atoms with Gasteiger partial charge in [0.05, 0.1) is 13.2 Å². The first-order chi connectivity index (χ1) is 14.1. The molecule has 29 heavy (non-hydrogen) atoms. The molecule has 0 atom stereocenters. The van der Waals surface area contributed by atoms with E-state index >= 15 is 0 Å². The zero-order valence-corrected chi connectivity index (χ0v) is 17.1. The number of morpholine rings is 1. The SMILES string of the molecule is CSc1ccc(/C=C/C(=O)OCC(=O)Nc2ccc(N3CCOCC3)cc2)cc1. The van der Waals surface area contributed by atoms with E-state index in [0.717, 1.165) is 42.4 Å². The van der Waals surface area contributed by atoms with Gasteiger partial charge in [0.25, 0.3) is 5.91 Å². The molecule has 0 unspecified atom stereocenters. The Bertz CT molecular complexity index is 844. The van der Waals surface area contributed by atoms with Crippen LogP contribution in [0.3, 0.4) is 0 Å². The lowest BCUT2D eigenvalue weighted by Crippen LogP contribution is -2.36. The van der Waals surface area contributed by atoms with Crippen LogP contribution in [0.2, 0.25) is 0 Å². The van der Waals surface area contributed by atoms with E-state index in [1.165, 1.54) is 6.08 Å². The van der Waals surface area contributed by atoms with Crippen LogP contribution in [-0.4, -0.2) is 51.0 Å².